The van der Waals surface area contributed by atoms with Gasteiger partial charge in [-0.2, -0.15) is 0 Å². The number of carbonyl (C=O) groups is 2. The smallest absolute Gasteiger partial charge is 0.407 e. The Labute approximate surface area is 183 Å². The van der Waals surface area contributed by atoms with Crippen LogP contribution in [0.5, 0.6) is 0 Å². The van der Waals surface area contributed by atoms with Crippen molar-refractivity contribution in [2.45, 2.75) is 44.6 Å². The molecule has 0 bridgehead atoms. The standard InChI is InChI=1S/C21H26F2N4O3S/c1-21(22,23)15-9-16(26-17-14(19(28)24-2)11-31-18(15)17)27-7-5-13(6-8-27)30-20(29)25-10-12-3-4-12/h9,11-13H,3-8,10H2,1-2H3,(H,24,28)(H,25,29). The maximum Gasteiger partial charge on any atom is 0.407 e. The molecule has 2 aliphatic rings. The average Bonchev–Trinajstić information content (AvgIpc) is 3.48. The molecule has 1 aliphatic carbocycles. The van der Waals surface area contributed by atoms with E-state index in [4.69, 9.17) is 4.74 Å². The SMILES string of the molecule is CNC(=O)c1csc2c(C(C)(F)F)cc(N3CCC(OC(=O)NCC4CC4)CC3)nc12. The number of nitrogens with one attached hydrogen (secondary N) is 2. The van der Waals surface area contributed by atoms with E-state index in [9.17, 15) is 18.4 Å². The number of hydrogen-bond donors (Lipinski definition) is 2. The van der Waals surface area contributed by atoms with Crippen LogP contribution in [-0.2, 0) is 10.7 Å². The van der Waals surface area contributed by atoms with Gasteiger partial charge >= 0.3 is 6.09 Å². The van der Waals surface area contributed by atoms with E-state index >= 15 is 0 Å². The highest BCUT2D eigenvalue weighted by atomic mass is 32.1. The minimum absolute atomic E-state index is 0.134. The van der Waals surface area contributed by atoms with E-state index in [1.165, 1.54) is 13.1 Å². The van der Waals surface area contributed by atoms with Gasteiger partial charge < -0.3 is 20.3 Å². The first kappa shape index (κ1) is 21.7. The highest BCUT2D eigenvalue weighted by Gasteiger charge is 2.32. The van der Waals surface area contributed by atoms with Gasteiger partial charge in [-0.05, 0) is 24.8 Å². The summed E-state index contributed by atoms with van der Waals surface area (Å²) >= 11 is 1.10. The predicted octanol–water partition coefficient (Wildman–Crippen LogP) is 3.87. The van der Waals surface area contributed by atoms with E-state index in [2.05, 4.69) is 15.6 Å². The molecule has 1 saturated heterocycles. The molecule has 1 aliphatic heterocycles. The van der Waals surface area contributed by atoms with Crippen molar-refractivity contribution < 1.29 is 23.1 Å². The summed E-state index contributed by atoms with van der Waals surface area (Å²) in [6, 6.07) is 1.41. The summed E-state index contributed by atoms with van der Waals surface area (Å²) in [6.07, 6.45) is 2.86. The van der Waals surface area contributed by atoms with Gasteiger partial charge in [-0.25, -0.2) is 18.6 Å². The molecule has 4 rings (SSSR count). The number of ether oxygens (including phenoxy) is 1. The summed E-state index contributed by atoms with van der Waals surface area (Å²) in [5, 5.41) is 6.89. The van der Waals surface area contributed by atoms with Gasteiger partial charge in [0.25, 0.3) is 11.8 Å². The molecule has 0 spiro atoms. The molecule has 10 heteroatoms. The summed E-state index contributed by atoms with van der Waals surface area (Å²) in [4.78, 5) is 30.6. The molecule has 3 heterocycles. The molecule has 0 radical (unpaired) electrons. The van der Waals surface area contributed by atoms with Crippen molar-refractivity contribution in [3.63, 3.8) is 0 Å². The second kappa shape index (κ2) is 8.57. The van der Waals surface area contributed by atoms with Gasteiger partial charge in [-0.15, -0.1) is 11.3 Å². The van der Waals surface area contributed by atoms with Gasteiger partial charge in [-0.1, -0.05) is 0 Å². The Hall–Kier alpha value is -2.49. The molecular formula is C21H26F2N4O3S. The van der Waals surface area contributed by atoms with Gasteiger partial charge in [-0.3, -0.25) is 4.79 Å². The van der Waals surface area contributed by atoms with Crippen LogP contribution in [0.25, 0.3) is 10.2 Å². The van der Waals surface area contributed by atoms with Gasteiger partial charge in [0.15, 0.2) is 0 Å². The van der Waals surface area contributed by atoms with Crippen LogP contribution in [0.1, 0.15) is 48.5 Å². The second-order valence-electron chi connectivity index (χ2n) is 8.24. The number of nitrogens with zero attached hydrogens (tertiary/aromatic N) is 2. The number of carbonyl (C=O) groups excluding carboxylic acids is 2. The normalized spacial score (nSPS) is 17.6. The van der Waals surface area contributed by atoms with Crippen molar-refractivity contribution >= 4 is 39.4 Å². The first-order valence-corrected chi connectivity index (χ1v) is 11.4. The topological polar surface area (TPSA) is 83.6 Å². The summed E-state index contributed by atoms with van der Waals surface area (Å²) in [5.74, 6) is -2.44. The fourth-order valence-corrected chi connectivity index (χ4v) is 4.81. The quantitative estimate of drug-likeness (QED) is 0.695. The Morgan fingerprint density at radius 3 is 2.61 bits per heavy atom. The van der Waals surface area contributed by atoms with Crippen LogP contribution in [0.3, 0.4) is 0 Å². The van der Waals surface area contributed by atoms with Gasteiger partial charge in [0.1, 0.15) is 11.9 Å². The number of halogens is 2. The summed E-state index contributed by atoms with van der Waals surface area (Å²) in [5.41, 5.74) is 0.446. The Kier molecular flexibility index (Phi) is 6.00. The average molecular weight is 453 g/mol. The monoisotopic (exact) mass is 452 g/mol. The number of rotatable bonds is 6. The fraction of sp³-hybridized carbons (Fsp3) is 0.571. The number of thiophene rings is 1. The molecule has 0 unspecified atom stereocenters. The van der Waals surface area contributed by atoms with E-state index in [0.717, 1.165) is 31.1 Å². The Balaban J connectivity index is 1.50. The number of anilines is 1. The molecule has 2 amide bonds. The predicted molar refractivity (Wildman–Crippen MR) is 115 cm³/mol. The lowest BCUT2D eigenvalue weighted by Crippen LogP contribution is -2.40. The molecule has 2 N–H and O–H groups in total. The van der Waals surface area contributed by atoms with Gasteiger partial charge in [0, 0.05) is 57.4 Å². The number of fused-ring (bicyclic) bond motifs is 1. The van der Waals surface area contributed by atoms with Crippen molar-refractivity contribution in [2.24, 2.45) is 5.92 Å². The first-order chi connectivity index (χ1) is 14.8. The van der Waals surface area contributed by atoms with Crippen molar-refractivity contribution in [3.05, 3.63) is 22.6 Å². The minimum atomic E-state index is -3.07. The lowest BCUT2D eigenvalue weighted by Gasteiger charge is -2.33. The van der Waals surface area contributed by atoms with Crippen molar-refractivity contribution in [1.82, 2.24) is 15.6 Å². The Bertz CT molecular complexity index is 979. The van der Waals surface area contributed by atoms with Crippen LogP contribution in [0.2, 0.25) is 0 Å². The maximum absolute atomic E-state index is 14.4. The van der Waals surface area contributed by atoms with Crippen molar-refractivity contribution in [1.29, 1.82) is 0 Å². The third-order valence-corrected chi connectivity index (χ3v) is 6.73. The molecule has 1 saturated carbocycles. The Morgan fingerprint density at radius 2 is 2.00 bits per heavy atom. The van der Waals surface area contributed by atoms with E-state index in [-0.39, 0.29) is 23.1 Å². The minimum Gasteiger partial charge on any atom is -0.446 e. The second-order valence-corrected chi connectivity index (χ2v) is 9.12. The molecule has 0 aromatic carbocycles. The zero-order valence-corrected chi connectivity index (χ0v) is 18.4. The third kappa shape index (κ3) is 4.89. The molecule has 2 aromatic rings. The maximum atomic E-state index is 14.4. The zero-order valence-electron chi connectivity index (χ0n) is 17.5. The largest absolute Gasteiger partial charge is 0.446 e. The van der Waals surface area contributed by atoms with Crippen LogP contribution in [-0.4, -0.2) is 49.8 Å². The number of amides is 2. The summed E-state index contributed by atoms with van der Waals surface area (Å²) in [6.45, 7) is 2.55. The van der Waals surface area contributed by atoms with E-state index < -0.39 is 12.0 Å². The van der Waals surface area contributed by atoms with Crippen molar-refractivity contribution in [2.75, 3.05) is 31.6 Å². The van der Waals surface area contributed by atoms with Crippen LogP contribution in [0.4, 0.5) is 19.4 Å². The molecular weight excluding hydrogens is 426 g/mol. The Morgan fingerprint density at radius 1 is 1.29 bits per heavy atom. The third-order valence-electron chi connectivity index (χ3n) is 5.73. The lowest BCUT2D eigenvalue weighted by molar-refractivity contribution is 0.0192. The van der Waals surface area contributed by atoms with Crippen molar-refractivity contribution in [3.8, 4) is 0 Å². The summed E-state index contributed by atoms with van der Waals surface area (Å²) < 4.78 is 34.5. The lowest BCUT2D eigenvalue weighted by atomic mass is 10.1. The van der Waals surface area contributed by atoms with E-state index in [1.807, 2.05) is 4.90 Å². The van der Waals surface area contributed by atoms with Crippen LogP contribution in [0, 0.1) is 5.92 Å². The fourth-order valence-electron chi connectivity index (χ4n) is 3.72. The molecule has 2 aromatic heterocycles. The van der Waals surface area contributed by atoms with Crippen LogP contribution >= 0.6 is 11.3 Å². The highest BCUT2D eigenvalue weighted by molar-refractivity contribution is 7.17. The van der Waals surface area contributed by atoms with Crippen LogP contribution in [0.15, 0.2) is 11.4 Å². The number of alkyl halides is 2. The van der Waals surface area contributed by atoms with E-state index in [1.54, 1.807) is 5.38 Å². The number of pyridine rings is 1. The number of alkyl carbamates (subject to hydrolysis) is 1. The first-order valence-electron chi connectivity index (χ1n) is 10.5. The number of aromatic nitrogens is 1. The van der Waals surface area contributed by atoms with Crippen LogP contribution < -0.4 is 15.5 Å². The van der Waals surface area contributed by atoms with E-state index in [0.29, 0.717) is 54.5 Å². The molecule has 0 atom stereocenters. The molecule has 31 heavy (non-hydrogen) atoms. The summed E-state index contributed by atoms with van der Waals surface area (Å²) in [7, 11) is 1.50. The molecule has 2 fully saturated rings. The highest BCUT2D eigenvalue weighted by Crippen LogP contribution is 2.39. The molecule has 7 nitrogen and oxygen atoms in total. The molecule has 168 valence electrons. The van der Waals surface area contributed by atoms with Gasteiger partial charge in [0.05, 0.1) is 15.8 Å². The van der Waals surface area contributed by atoms with Gasteiger partial charge in [0.2, 0.25) is 0 Å². The zero-order chi connectivity index (χ0) is 22.2. The number of hydrogen-bond acceptors (Lipinski definition) is 6. The number of piperidine rings is 1.